The maximum atomic E-state index is 13.1. The molecule has 0 aliphatic carbocycles. The Balaban J connectivity index is 1.64. The summed E-state index contributed by atoms with van der Waals surface area (Å²) >= 11 is 0. The predicted molar refractivity (Wildman–Crippen MR) is 124 cm³/mol. The number of aromatic nitrogens is 3. The van der Waals surface area contributed by atoms with E-state index in [0.29, 0.717) is 16.8 Å². The molecule has 4 aromatic rings. The lowest BCUT2D eigenvalue weighted by Crippen LogP contribution is -2.25. The summed E-state index contributed by atoms with van der Waals surface area (Å²) in [4.78, 5) is 52.1. The number of Topliss-reactive ketones (excluding diaryl/α,β-unsaturated/α-hetero) is 1. The number of rotatable bonds is 6. The maximum absolute atomic E-state index is 13.1. The second-order valence-electron chi connectivity index (χ2n) is 7.72. The number of benzene rings is 2. The van der Waals surface area contributed by atoms with Gasteiger partial charge in [-0.15, -0.1) is 0 Å². The summed E-state index contributed by atoms with van der Waals surface area (Å²) in [7, 11) is 1.31. The molecule has 10 heteroatoms. The minimum atomic E-state index is -0.561. The Morgan fingerprint density at radius 1 is 1.09 bits per heavy atom. The highest BCUT2D eigenvalue weighted by Crippen LogP contribution is 2.22. The number of non-ortho nitro benzene ring substituents is 1. The van der Waals surface area contributed by atoms with Crippen molar-refractivity contribution in [3.8, 4) is 5.69 Å². The van der Waals surface area contributed by atoms with E-state index in [-0.39, 0.29) is 28.9 Å². The molecule has 4 rings (SSSR count). The predicted octanol–water partition coefficient (Wildman–Crippen LogP) is 3.38. The van der Waals surface area contributed by atoms with Crippen molar-refractivity contribution in [3.63, 3.8) is 0 Å². The van der Waals surface area contributed by atoms with Crippen molar-refractivity contribution in [2.75, 3.05) is 7.11 Å². The van der Waals surface area contributed by atoms with Gasteiger partial charge in [0.1, 0.15) is 0 Å². The first kappa shape index (κ1) is 22.6. The number of methoxy groups -OCH3 is 1. The van der Waals surface area contributed by atoms with Crippen molar-refractivity contribution in [3.05, 3.63) is 97.8 Å². The zero-order valence-electron chi connectivity index (χ0n) is 18.6. The van der Waals surface area contributed by atoms with Crippen LogP contribution in [0.4, 0.5) is 5.69 Å². The Labute approximate surface area is 193 Å². The van der Waals surface area contributed by atoms with Crippen LogP contribution in [0.3, 0.4) is 0 Å². The molecule has 2 aromatic heterocycles. The Kier molecular flexibility index (Phi) is 5.80. The summed E-state index contributed by atoms with van der Waals surface area (Å²) < 4.78 is 7.79. The number of nitro benzene ring substituents is 1. The van der Waals surface area contributed by atoms with Crippen molar-refractivity contribution >= 4 is 28.3 Å². The highest BCUT2D eigenvalue weighted by atomic mass is 16.6. The fourth-order valence-corrected chi connectivity index (χ4v) is 3.92. The third-order valence-electron chi connectivity index (χ3n) is 5.61. The van der Waals surface area contributed by atoms with Crippen LogP contribution >= 0.6 is 0 Å². The summed E-state index contributed by atoms with van der Waals surface area (Å²) in [6, 6.07) is 12.4. The van der Waals surface area contributed by atoms with Crippen molar-refractivity contribution < 1.29 is 19.2 Å². The average molecular weight is 460 g/mol. The van der Waals surface area contributed by atoms with Gasteiger partial charge in [0.25, 0.3) is 11.2 Å². The van der Waals surface area contributed by atoms with Gasteiger partial charge in [0.2, 0.25) is 0 Å². The Morgan fingerprint density at radius 3 is 2.44 bits per heavy atom. The van der Waals surface area contributed by atoms with Gasteiger partial charge in [0.15, 0.2) is 5.78 Å². The molecule has 0 bridgehead atoms. The van der Waals surface area contributed by atoms with Crippen LogP contribution < -0.4 is 5.56 Å². The van der Waals surface area contributed by atoms with Gasteiger partial charge in [-0.3, -0.25) is 24.3 Å². The summed E-state index contributed by atoms with van der Waals surface area (Å²) in [6.45, 7) is 3.42. The van der Waals surface area contributed by atoms with Crippen LogP contribution in [0.5, 0.6) is 0 Å². The number of hydrogen-bond acceptors (Lipinski definition) is 7. The van der Waals surface area contributed by atoms with Crippen molar-refractivity contribution in [2.24, 2.45) is 0 Å². The summed E-state index contributed by atoms with van der Waals surface area (Å²) in [5, 5.41) is 11.1. The van der Waals surface area contributed by atoms with E-state index in [1.165, 1.54) is 36.2 Å². The quantitative estimate of drug-likeness (QED) is 0.187. The van der Waals surface area contributed by atoms with E-state index < -0.39 is 16.5 Å². The SMILES string of the molecule is COC(=O)c1ccc(-n2c(C)cc(C(=O)Cn3cnc4cc([N+](=O)[O-])ccc4c3=O)c2C)cc1. The van der Waals surface area contributed by atoms with Gasteiger partial charge in [-0.05, 0) is 50.2 Å². The number of nitrogens with zero attached hydrogens (tertiary/aromatic N) is 4. The van der Waals surface area contributed by atoms with Crippen molar-refractivity contribution in [1.29, 1.82) is 0 Å². The number of aryl methyl sites for hydroxylation is 1. The van der Waals surface area contributed by atoms with Crippen LogP contribution in [0.15, 0.2) is 59.7 Å². The molecule has 0 saturated carbocycles. The Morgan fingerprint density at radius 2 is 1.79 bits per heavy atom. The van der Waals surface area contributed by atoms with E-state index in [9.17, 15) is 24.5 Å². The van der Waals surface area contributed by atoms with Gasteiger partial charge in [-0.1, -0.05) is 0 Å². The smallest absolute Gasteiger partial charge is 0.337 e. The molecule has 2 heterocycles. The highest BCUT2D eigenvalue weighted by molar-refractivity contribution is 5.97. The third-order valence-corrected chi connectivity index (χ3v) is 5.61. The van der Waals surface area contributed by atoms with E-state index in [1.807, 2.05) is 11.5 Å². The van der Waals surface area contributed by atoms with E-state index in [0.717, 1.165) is 11.4 Å². The number of carbonyl (C=O) groups is 2. The number of fused-ring (bicyclic) bond motifs is 1. The fourth-order valence-electron chi connectivity index (χ4n) is 3.92. The number of nitro groups is 1. The molecule has 172 valence electrons. The topological polar surface area (TPSA) is 126 Å². The van der Waals surface area contributed by atoms with Gasteiger partial charge in [-0.2, -0.15) is 0 Å². The molecule has 2 aromatic carbocycles. The summed E-state index contributed by atoms with van der Waals surface area (Å²) in [5.74, 6) is -0.719. The highest BCUT2D eigenvalue weighted by Gasteiger charge is 2.19. The summed E-state index contributed by atoms with van der Waals surface area (Å²) in [6.07, 6.45) is 1.22. The Hall–Kier alpha value is -4.60. The number of carbonyl (C=O) groups excluding carboxylic acids is 2. The molecular weight excluding hydrogens is 440 g/mol. The molecule has 0 amide bonds. The number of esters is 1. The zero-order chi connectivity index (χ0) is 24.6. The lowest BCUT2D eigenvalue weighted by molar-refractivity contribution is -0.384. The van der Waals surface area contributed by atoms with Crippen LogP contribution in [-0.4, -0.2) is 37.9 Å². The molecule has 0 N–H and O–H groups in total. The maximum Gasteiger partial charge on any atom is 0.337 e. The molecule has 0 unspecified atom stereocenters. The lowest BCUT2D eigenvalue weighted by Gasteiger charge is -2.11. The number of ketones is 1. The molecule has 0 atom stereocenters. The largest absolute Gasteiger partial charge is 0.465 e. The van der Waals surface area contributed by atoms with Crippen LogP contribution in [0.1, 0.15) is 32.1 Å². The van der Waals surface area contributed by atoms with E-state index >= 15 is 0 Å². The van der Waals surface area contributed by atoms with Gasteiger partial charge in [-0.25, -0.2) is 9.78 Å². The molecule has 0 aliphatic rings. The second-order valence-corrected chi connectivity index (χ2v) is 7.72. The molecular formula is C24H20N4O6. The van der Waals surface area contributed by atoms with Crippen LogP contribution in [0, 0.1) is 24.0 Å². The molecule has 0 radical (unpaired) electrons. The van der Waals surface area contributed by atoms with E-state index in [4.69, 9.17) is 4.74 Å². The van der Waals surface area contributed by atoms with E-state index in [1.54, 1.807) is 37.3 Å². The number of ether oxygens (including phenoxy) is 1. The van der Waals surface area contributed by atoms with Crippen LogP contribution in [-0.2, 0) is 11.3 Å². The lowest BCUT2D eigenvalue weighted by atomic mass is 10.1. The van der Waals surface area contributed by atoms with Gasteiger partial charge < -0.3 is 9.30 Å². The first-order valence-corrected chi connectivity index (χ1v) is 10.3. The zero-order valence-corrected chi connectivity index (χ0v) is 18.6. The first-order chi connectivity index (χ1) is 16.2. The Bertz CT molecular complexity index is 1520. The molecule has 0 fully saturated rings. The van der Waals surface area contributed by atoms with Gasteiger partial charge in [0.05, 0.1) is 41.4 Å². The monoisotopic (exact) mass is 460 g/mol. The normalized spacial score (nSPS) is 10.9. The molecule has 0 aliphatic heterocycles. The molecule has 34 heavy (non-hydrogen) atoms. The average Bonchev–Trinajstić information content (AvgIpc) is 3.14. The molecule has 0 saturated heterocycles. The molecule has 10 nitrogen and oxygen atoms in total. The van der Waals surface area contributed by atoms with E-state index in [2.05, 4.69) is 4.98 Å². The third kappa shape index (κ3) is 3.96. The number of hydrogen-bond donors (Lipinski definition) is 0. The fraction of sp³-hybridized carbons (Fsp3) is 0.167. The minimum absolute atomic E-state index is 0.166. The first-order valence-electron chi connectivity index (χ1n) is 10.3. The minimum Gasteiger partial charge on any atom is -0.465 e. The van der Waals surface area contributed by atoms with Gasteiger partial charge >= 0.3 is 5.97 Å². The summed E-state index contributed by atoms with van der Waals surface area (Å²) in [5.41, 5.74) is 2.70. The van der Waals surface area contributed by atoms with Crippen molar-refractivity contribution in [2.45, 2.75) is 20.4 Å². The standard InChI is InChI=1S/C24H20N4O6/c1-14-10-20(15(2)27(14)17-6-4-16(5-7-17)24(31)34-3)22(29)12-26-13-25-21-11-18(28(32)33)8-9-19(21)23(26)30/h4-11,13H,12H2,1-3H3. The second kappa shape index (κ2) is 8.74. The van der Waals surface area contributed by atoms with Crippen LogP contribution in [0.25, 0.3) is 16.6 Å². The molecule has 0 spiro atoms. The van der Waals surface area contributed by atoms with Crippen LogP contribution in [0.2, 0.25) is 0 Å². The van der Waals surface area contributed by atoms with Crippen molar-refractivity contribution in [1.82, 2.24) is 14.1 Å². The van der Waals surface area contributed by atoms with Gasteiger partial charge in [0, 0.05) is 34.8 Å².